The highest BCUT2D eigenvalue weighted by molar-refractivity contribution is 7.90. The monoisotopic (exact) mass is 481 g/mol. The second-order valence-electron chi connectivity index (χ2n) is 7.43. The summed E-state index contributed by atoms with van der Waals surface area (Å²) >= 11 is 0. The van der Waals surface area contributed by atoms with Gasteiger partial charge in [0, 0.05) is 23.5 Å². The van der Waals surface area contributed by atoms with E-state index < -0.39 is 21.6 Å². The molecule has 34 heavy (non-hydrogen) atoms. The molecule has 10 nitrogen and oxygen atoms in total. The predicted octanol–water partition coefficient (Wildman–Crippen LogP) is 3.20. The van der Waals surface area contributed by atoms with Crippen LogP contribution >= 0.6 is 0 Å². The zero-order chi connectivity index (χ0) is 24.3. The van der Waals surface area contributed by atoms with Gasteiger partial charge >= 0.3 is 0 Å². The molecule has 5 N–H and O–H groups in total. The number of aryl methyl sites for hydroxylation is 1. The van der Waals surface area contributed by atoms with Gasteiger partial charge in [0.1, 0.15) is 11.6 Å². The summed E-state index contributed by atoms with van der Waals surface area (Å²) in [6, 6.07) is 12.9. The van der Waals surface area contributed by atoms with Crippen molar-refractivity contribution in [2.45, 2.75) is 17.8 Å². The summed E-state index contributed by atoms with van der Waals surface area (Å²) < 4.78 is 38.8. The van der Waals surface area contributed by atoms with E-state index in [1.54, 1.807) is 6.07 Å². The van der Waals surface area contributed by atoms with Crippen LogP contribution in [0, 0.1) is 12.7 Å². The molecule has 1 amide bonds. The van der Waals surface area contributed by atoms with Gasteiger partial charge in [-0.3, -0.25) is 9.89 Å². The van der Waals surface area contributed by atoms with Gasteiger partial charge in [-0.25, -0.2) is 22.8 Å². The number of amides is 1. The number of sulfone groups is 1. The number of carbonyl (C=O) groups excluding carboxylic acids is 1. The first kappa shape index (κ1) is 22.9. The summed E-state index contributed by atoms with van der Waals surface area (Å²) in [7, 11) is -3.86. The molecule has 0 atom stereocenters. The molecule has 0 bridgehead atoms. The first-order chi connectivity index (χ1) is 16.2. The lowest BCUT2D eigenvalue weighted by molar-refractivity contribution is 0.102. The first-order valence-electron chi connectivity index (χ1n) is 10.00. The third-order valence-electron chi connectivity index (χ3n) is 4.71. The van der Waals surface area contributed by atoms with Gasteiger partial charge in [0.25, 0.3) is 5.91 Å². The van der Waals surface area contributed by atoms with E-state index in [-0.39, 0.29) is 33.7 Å². The maximum Gasteiger partial charge on any atom is 0.255 e. The van der Waals surface area contributed by atoms with Crippen molar-refractivity contribution in [3.63, 3.8) is 0 Å². The Balaban J connectivity index is 1.45. The van der Waals surface area contributed by atoms with Crippen molar-refractivity contribution < 1.29 is 17.6 Å². The Morgan fingerprint density at radius 3 is 2.53 bits per heavy atom. The topological polar surface area (TPSA) is 156 Å². The van der Waals surface area contributed by atoms with E-state index in [0.29, 0.717) is 11.4 Å². The Morgan fingerprint density at radius 1 is 1.09 bits per heavy atom. The van der Waals surface area contributed by atoms with Crippen LogP contribution < -0.4 is 16.4 Å². The number of nitrogens with two attached hydrogens (primary N) is 1. The molecule has 0 aliphatic heterocycles. The van der Waals surface area contributed by atoms with Gasteiger partial charge in [-0.2, -0.15) is 5.10 Å². The van der Waals surface area contributed by atoms with Crippen molar-refractivity contribution in [2.75, 3.05) is 16.4 Å². The lowest BCUT2D eigenvalue weighted by Crippen LogP contribution is -2.14. The Labute approximate surface area is 194 Å². The molecular weight excluding hydrogens is 461 g/mol. The van der Waals surface area contributed by atoms with Gasteiger partial charge in [0.15, 0.2) is 5.82 Å². The number of aromatic amines is 1. The fourth-order valence-electron chi connectivity index (χ4n) is 3.05. The highest BCUT2D eigenvalue weighted by Gasteiger charge is 2.20. The number of nitrogen functional groups attached to an aromatic ring is 1. The van der Waals surface area contributed by atoms with Crippen molar-refractivity contribution in [3.05, 3.63) is 83.4 Å². The van der Waals surface area contributed by atoms with Crippen LogP contribution in [0.5, 0.6) is 0 Å². The summed E-state index contributed by atoms with van der Waals surface area (Å²) in [4.78, 5) is 20.4. The van der Waals surface area contributed by atoms with Crippen LogP contribution in [-0.4, -0.2) is 34.5 Å². The molecular formula is C22H20FN7O3S. The van der Waals surface area contributed by atoms with E-state index in [4.69, 9.17) is 5.73 Å². The second kappa shape index (κ2) is 9.27. The SMILES string of the molecule is Cc1cc(Nc2ccnc(S(=O)(=O)Cc3ccc(C(=O)Nc4ccc(F)cc4N)cc3)n2)n[nH]1. The molecule has 0 radical (unpaired) electrons. The highest BCUT2D eigenvalue weighted by Crippen LogP contribution is 2.21. The van der Waals surface area contributed by atoms with Crippen molar-refractivity contribution in [3.8, 4) is 0 Å². The summed E-state index contributed by atoms with van der Waals surface area (Å²) in [5, 5.41) is 12.0. The number of rotatable bonds is 7. The van der Waals surface area contributed by atoms with Crippen LogP contribution in [0.2, 0.25) is 0 Å². The molecule has 4 aromatic rings. The number of nitrogens with one attached hydrogen (secondary N) is 3. The minimum absolute atomic E-state index is 0.0928. The minimum Gasteiger partial charge on any atom is -0.397 e. The van der Waals surface area contributed by atoms with Crippen molar-refractivity contribution in [1.29, 1.82) is 0 Å². The van der Waals surface area contributed by atoms with Crippen LogP contribution in [0.15, 0.2) is 66.0 Å². The van der Waals surface area contributed by atoms with Crippen LogP contribution in [0.25, 0.3) is 0 Å². The third-order valence-corrected chi connectivity index (χ3v) is 6.17. The number of aromatic nitrogens is 4. The number of anilines is 4. The zero-order valence-electron chi connectivity index (χ0n) is 17.9. The largest absolute Gasteiger partial charge is 0.397 e. The Hall–Kier alpha value is -4.32. The normalized spacial score (nSPS) is 11.2. The van der Waals surface area contributed by atoms with Crippen LogP contribution in [0.1, 0.15) is 21.6 Å². The molecule has 0 fully saturated rings. The van der Waals surface area contributed by atoms with Gasteiger partial charge in [0.2, 0.25) is 15.0 Å². The number of H-pyrrole nitrogens is 1. The van der Waals surface area contributed by atoms with E-state index in [0.717, 1.165) is 11.8 Å². The molecule has 2 aromatic carbocycles. The maximum atomic E-state index is 13.2. The molecule has 174 valence electrons. The number of hydrogen-bond acceptors (Lipinski definition) is 8. The number of nitrogens with zero attached hydrogens (tertiary/aromatic N) is 3. The molecule has 0 saturated heterocycles. The fourth-order valence-corrected chi connectivity index (χ4v) is 4.27. The molecule has 0 unspecified atom stereocenters. The first-order valence-corrected chi connectivity index (χ1v) is 11.6. The van der Waals surface area contributed by atoms with E-state index in [2.05, 4.69) is 30.8 Å². The smallest absolute Gasteiger partial charge is 0.255 e. The number of carbonyl (C=O) groups is 1. The molecule has 2 heterocycles. The Kier molecular flexibility index (Phi) is 6.23. The Morgan fingerprint density at radius 2 is 1.85 bits per heavy atom. The zero-order valence-corrected chi connectivity index (χ0v) is 18.7. The Bertz CT molecular complexity index is 1450. The quantitative estimate of drug-likeness (QED) is 0.232. The predicted molar refractivity (Wildman–Crippen MR) is 125 cm³/mol. The average molecular weight is 482 g/mol. The van der Waals surface area contributed by atoms with Crippen molar-refractivity contribution in [2.24, 2.45) is 0 Å². The molecule has 2 aromatic heterocycles. The minimum atomic E-state index is -3.86. The maximum absolute atomic E-state index is 13.2. The summed E-state index contributed by atoms with van der Waals surface area (Å²) in [5.74, 6) is -0.556. The van der Waals surface area contributed by atoms with Crippen molar-refractivity contribution >= 4 is 38.8 Å². The van der Waals surface area contributed by atoms with Crippen molar-refractivity contribution in [1.82, 2.24) is 20.2 Å². The van der Waals surface area contributed by atoms with Crippen LogP contribution in [0.3, 0.4) is 0 Å². The summed E-state index contributed by atoms with van der Waals surface area (Å²) in [6.07, 6.45) is 1.34. The number of halogens is 1. The molecule has 0 saturated carbocycles. The standard InChI is InChI=1S/C22H20FN7O3S/c1-13-10-20(30-29-13)27-19-8-9-25-22(28-19)34(32,33)12-14-2-4-15(5-3-14)21(31)26-18-7-6-16(23)11-17(18)24/h2-11H,12,24H2,1H3,(H,26,31)(H2,25,27,28,29,30). The van der Waals surface area contributed by atoms with Gasteiger partial charge in [-0.1, -0.05) is 12.1 Å². The van der Waals surface area contributed by atoms with E-state index in [1.807, 2.05) is 6.92 Å². The van der Waals surface area contributed by atoms with Gasteiger partial charge in [-0.05, 0) is 48.9 Å². The van der Waals surface area contributed by atoms with E-state index in [1.165, 1.54) is 48.7 Å². The molecule has 0 spiro atoms. The molecule has 0 aliphatic carbocycles. The molecule has 12 heteroatoms. The van der Waals surface area contributed by atoms with Gasteiger partial charge < -0.3 is 16.4 Å². The summed E-state index contributed by atoms with van der Waals surface area (Å²) in [6.45, 7) is 1.83. The molecule has 0 aliphatic rings. The highest BCUT2D eigenvalue weighted by atomic mass is 32.2. The van der Waals surface area contributed by atoms with Crippen LogP contribution in [-0.2, 0) is 15.6 Å². The third kappa shape index (κ3) is 5.35. The second-order valence-corrected chi connectivity index (χ2v) is 9.31. The molecule has 4 rings (SSSR count). The lowest BCUT2D eigenvalue weighted by atomic mass is 10.1. The number of hydrogen-bond donors (Lipinski definition) is 4. The summed E-state index contributed by atoms with van der Waals surface area (Å²) in [5.41, 5.74) is 7.64. The van der Waals surface area contributed by atoms with Gasteiger partial charge in [0.05, 0.1) is 17.1 Å². The van der Waals surface area contributed by atoms with E-state index in [9.17, 15) is 17.6 Å². The van der Waals surface area contributed by atoms with Crippen LogP contribution in [0.4, 0.5) is 27.4 Å². The van der Waals surface area contributed by atoms with Gasteiger partial charge in [-0.15, -0.1) is 0 Å². The average Bonchev–Trinajstić information content (AvgIpc) is 3.20. The lowest BCUT2D eigenvalue weighted by Gasteiger charge is -2.09. The van der Waals surface area contributed by atoms with E-state index >= 15 is 0 Å². The number of benzene rings is 2. The fraction of sp³-hybridized carbons (Fsp3) is 0.0909.